The van der Waals surface area contributed by atoms with E-state index in [0.29, 0.717) is 5.41 Å². The van der Waals surface area contributed by atoms with Crippen molar-refractivity contribution in [3.63, 3.8) is 0 Å². The quantitative estimate of drug-likeness (QED) is 0.789. The average Bonchev–Trinajstić information content (AvgIpc) is 2.99. The van der Waals surface area contributed by atoms with Crippen LogP contribution in [-0.2, 0) is 0 Å². The first-order valence-corrected chi connectivity index (χ1v) is 6.89. The number of nitrogens with zero attached hydrogens (tertiary/aromatic N) is 1. The van der Waals surface area contributed by atoms with E-state index in [1.54, 1.807) is 0 Å². The van der Waals surface area contributed by atoms with E-state index in [1.165, 1.54) is 38.6 Å². The van der Waals surface area contributed by atoms with E-state index in [4.69, 9.17) is 0 Å². The fourth-order valence-electron chi connectivity index (χ4n) is 3.34. The zero-order valence-corrected chi connectivity index (χ0v) is 11.4. The van der Waals surface area contributed by atoms with Crippen LogP contribution in [0.2, 0.25) is 0 Å². The monoisotopic (exact) mass is 224 g/mol. The molecule has 0 aliphatic heterocycles. The van der Waals surface area contributed by atoms with Crippen molar-refractivity contribution in [2.45, 2.75) is 58.0 Å². The maximum Gasteiger partial charge on any atom is 0.0105 e. The van der Waals surface area contributed by atoms with Crippen LogP contribution in [0.3, 0.4) is 0 Å². The van der Waals surface area contributed by atoms with Gasteiger partial charge in [0.15, 0.2) is 0 Å². The molecule has 2 saturated carbocycles. The van der Waals surface area contributed by atoms with E-state index in [2.05, 4.69) is 38.2 Å². The average molecular weight is 224 g/mol. The molecule has 2 nitrogen and oxygen atoms in total. The van der Waals surface area contributed by atoms with Crippen LogP contribution in [0.25, 0.3) is 0 Å². The number of hydrogen-bond acceptors (Lipinski definition) is 2. The maximum absolute atomic E-state index is 3.53. The van der Waals surface area contributed by atoms with Gasteiger partial charge in [0.25, 0.3) is 0 Å². The minimum Gasteiger partial charge on any atom is -0.317 e. The predicted octanol–water partition coefficient (Wildman–Crippen LogP) is 2.49. The van der Waals surface area contributed by atoms with Crippen molar-refractivity contribution in [2.75, 3.05) is 20.6 Å². The lowest BCUT2D eigenvalue weighted by Crippen LogP contribution is -2.46. The second-order valence-corrected chi connectivity index (χ2v) is 6.73. The summed E-state index contributed by atoms with van der Waals surface area (Å²) in [7, 11) is 4.44. The minimum atomic E-state index is 0.558. The van der Waals surface area contributed by atoms with Crippen LogP contribution in [0.15, 0.2) is 0 Å². The van der Waals surface area contributed by atoms with E-state index in [-0.39, 0.29) is 0 Å². The van der Waals surface area contributed by atoms with Crippen molar-refractivity contribution in [1.29, 1.82) is 0 Å². The van der Waals surface area contributed by atoms with Crippen molar-refractivity contribution < 1.29 is 0 Å². The van der Waals surface area contributed by atoms with E-state index < -0.39 is 0 Å². The third-order valence-electron chi connectivity index (χ3n) is 4.58. The molecule has 16 heavy (non-hydrogen) atoms. The molecule has 0 heterocycles. The molecule has 2 rings (SSSR count). The van der Waals surface area contributed by atoms with Crippen LogP contribution in [-0.4, -0.2) is 37.6 Å². The van der Waals surface area contributed by atoms with Gasteiger partial charge < -0.3 is 10.2 Å². The Morgan fingerprint density at radius 2 is 1.94 bits per heavy atom. The Bertz CT molecular complexity index is 233. The largest absolute Gasteiger partial charge is 0.317 e. The molecule has 0 saturated heterocycles. The zero-order chi connectivity index (χ0) is 11.8. The van der Waals surface area contributed by atoms with Gasteiger partial charge in [-0.15, -0.1) is 0 Å². The van der Waals surface area contributed by atoms with Gasteiger partial charge in [0.1, 0.15) is 0 Å². The summed E-state index contributed by atoms with van der Waals surface area (Å²) in [6.45, 7) is 6.16. The van der Waals surface area contributed by atoms with E-state index in [0.717, 1.165) is 18.0 Å². The van der Waals surface area contributed by atoms with E-state index in [9.17, 15) is 0 Å². The van der Waals surface area contributed by atoms with Crippen molar-refractivity contribution in [1.82, 2.24) is 10.2 Å². The maximum atomic E-state index is 3.53. The molecule has 2 fully saturated rings. The summed E-state index contributed by atoms with van der Waals surface area (Å²) in [5.41, 5.74) is 0.558. The first-order valence-electron chi connectivity index (χ1n) is 6.89. The lowest BCUT2D eigenvalue weighted by atomic mass is 9.69. The van der Waals surface area contributed by atoms with Crippen molar-refractivity contribution in [2.24, 2.45) is 11.3 Å². The second-order valence-electron chi connectivity index (χ2n) is 6.73. The molecule has 0 amide bonds. The van der Waals surface area contributed by atoms with Crippen molar-refractivity contribution in [3.8, 4) is 0 Å². The molecule has 0 radical (unpaired) electrons. The van der Waals surface area contributed by atoms with Gasteiger partial charge in [-0.25, -0.2) is 0 Å². The molecule has 0 bridgehead atoms. The fraction of sp³-hybridized carbons (Fsp3) is 1.00. The third kappa shape index (κ3) is 2.98. The fourth-order valence-corrected chi connectivity index (χ4v) is 3.34. The molecular weight excluding hydrogens is 196 g/mol. The highest BCUT2D eigenvalue weighted by molar-refractivity contribution is 4.92. The lowest BCUT2D eigenvalue weighted by Gasteiger charge is -2.42. The highest BCUT2D eigenvalue weighted by atomic mass is 15.2. The molecule has 0 aromatic carbocycles. The molecule has 2 unspecified atom stereocenters. The van der Waals surface area contributed by atoms with E-state index in [1.807, 2.05) is 0 Å². The first-order chi connectivity index (χ1) is 7.52. The summed E-state index contributed by atoms with van der Waals surface area (Å²) in [4.78, 5) is 2.59. The van der Waals surface area contributed by atoms with Crippen LogP contribution in [0, 0.1) is 11.3 Å². The Balaban J connectivity index is 1.91. The van der Waals surface area contributed by atoms with Gasteiger partial charge in [0.05, 0.1) is 0 Å². The lowest BCUT2D eigenvalue weighted by molar-refractivity contribution is 0.110. The Morgan fingerprint density at radius 1 is 1.25 bits per heavy atom. The SMILES string of the molecule is CNC1CCC(C)(C)CC1CN(C)C1CC1. The highest BCUT2D eigenvalue weighted by Gasteiger charge is 2.36. The van der Waals surface area contributed by atoms with E-state index >= 15 is 0 Å². The van der Waals surface area contributed by atoms with Gasteiger partial charge >= 0.3 is 0 Å². The van der Waals surface area contributed by atoms with Gasteiger partial charge in [-0.05, 0) is 57.5 Å². The molecule has 2 heteroatoms. The van der Waals surface area contributed by atoms with Gasteiger partial charge in [-0.1, -0.05) is 13.8 Å². The minimum absolute atomic E-state index is 0.558. The Kier molecular flexibility index (Phi) is 3.60. The van der Waals surface area contributed by atoms with Gasteiger partial charge in [0.2, 0.25) is 0 Å². The predicted molar refractivity (Wildman–Crippen MR) is 69.6 cm³/mol. The summed E-state index contributed by atoms with van der Waals surface area (Å²) in [5.74, 6) is 0.847. The third-order valence-corrected chi connectivity index (χ3v) is 4.58. The summed E-state index contributed by atoms with van der Waals surface area (Å²) >= 11 is 0. The molecule has 94 valence electrons. The summed E-state index contributed by atoms with van der Waals surface area (Å²) in [6, 6.07) is 1.65. The molecule has 0 spiro atoms. The molecule has 2 atom stereocenters. The summed E-state index contributed by atoms with van der Waals surface area (Å²) in [5, 5.41) is 3.53. The zero-order valence-electron chi connectivity index (χ0n) is 11.4. The normalized spacial score (nSPS) is 34.3. The van der Waals surface area contributed by atoms with Crippen LogP contribution in [0.4, 0.5) is 0 Å². The summed E-state index contributed by atoms with van der Waals surface area (Å²) < 4.78 is 0. The smallest absolute Gasteiger partial charge is 0.0105 e. The van der Waals surface area contributed by atoms with Crippen LogP contribution in [0.1, 0.15) is 46.0 Å². The standard InChI is InChI=1S/C14H28N2/c1-14(2)8-7-13(15-3)11(9-14)10-16(4)12-5-6-12/h11-13,15H,5-10H2,1-4H3. The van der Waals surface area contributed by atoms with Crippen LogP contribution < -0.4 is 5.32 Å². The molecule has 0 aromatic rings. The molecule has 2 aliphatic rings. The second kappa shape index (κ2) is 4.66. The number of nitrogens with one attached hydrogen (secondary N) is 1. The van der Waals surface area contributed by atoms with Gasteiger partial charge in [-0.2, -0.15) is 0 Å². The number of hydrogen-bond donors (Lipinski definition) is 1. The first kappa shape index (κ1) is 12.4. The van der Waals surface area contributed by atoms with Gasteiger partial charge in [0, 0.05) is 18.6 Å². The van der Waals surface area contributed by atoms with Crippen LogP contribution in [0.5, 0.6) is 0 Å². The molecule has 1 N–H and O–H groups in total. The topological polar surface area (TPSA) is 15.3 Å². The molecule has 2 aliphatic carbocycles. The van der Waals surface area contributed by atoms with Crippen LogP contribution >= 0.6 is 0 Å². The Labute approximate surface area is 101 Å². The number of rotatable bonds is 4. The summed E-state index contributed by atoms with van der Waals surface area (Å²) in [6.07, 6.45) is 6.97. The van der Waals surface area contributed by atoms with Gasteiger partial charge in [-0.3, -0.25) is 0 Å². The Hall–Kier alpha value is -0.0800. The molecular formula is C14H28N2. The van der Waals surface area contributed by atoms with Crippen molar-refractivity contribution >= 4 is 0 Å². The highest BCUT2D eigenvalue weighted by Crippen LogP contribution is 2.39. The van der Waals surface area contributed by atoms with Crippen molar-refractivity contribution in [3.05, 3.63) is 0 Å². The molecule has 0 aromatic heterocycles. The Morgan fingerprint density at radius 3 is 2.50 bits per heavy atom.